The average Bonchev–Trinajstić information content (AvgIpc) is 2.41. The van der Waals surface area contributed by atoms with Crippen LogP contribution in [0.4, 0.5) is 4.39 Å². The fourth-order valence-electron chi connectivity index (χ4n) is 1.90. The maximum atomic E-state index is 13.0. The van der Waals surface area contributed by atoms with Crippen LogP contribution < -0.4 is 5.32 Å². The Morgan fingerprint density at radius 2 is 1.81 bits per heavy atom. The monoisotopic (exact) mass is 297 g/mol. The van der Waals surface area contributed by atoms with Crippen molar-refractivity contribution in [2.75, 3.05) is 26.3 Å². The van der Waals surface area contributed by atoms with Gasteiger partial charge in [-0.2, -0.15) is 0 Å². The second kappa shape index (κ2) is 9.13. The predicted molar refractivity (Wildman–Crippen MR) is 84.0 cm³/mol. The number of nitrogens with one attached hydrogen (secondary N) is 1. The van der Waals surface area contributed by atoms with E-state index in [1.54, 1.807) is 12.1 Å². The lowest BCUT2D eigenvalue weighted by atomic mass is 10.1. The van der Waals surface area contributed by atoms with Gasteiger partial charge in [0.15, 0.2) is 0 Å². The zero-order valence-corrected chi connectivity index (χ0v) is 13.6. The molecule has 0 aromatic heterocycles. The first-order valence-corrected chi connectivity index (χ1v) is 7.64. The van der Waals surface area contributed by atoms with Crippen molar-refractivity contribution in [1.29, 1.82) is 0 Å². The molecule has 1 atom stereocenters. The second-order valence-corrected chi connectivity index (χ2v) is 6.08. The molecule has 0 aliphatic rings. The molecule has 1 aromatic carbocycles. The highest BCUT2D eigenvalue weighted by Crippen LogP contribution is 2.17. The van der Waals surface area contributed by atoms with Crippen LogP contribution in [0, 0.1) is 5.82 Å². The highest BCUT2D eigenvalue weighted by Gasteiger charge is 2.14. The molecule has 120 valence electrons. The SMILES string of the molecule is CCCNCC(OCCOC(C)(C)C)c1ccc(F)cc1. The maximum absolute atomic E-state index is 13.0. The van der Waals surface area contributed by atoms with E-state index in [2.05, 4.69) is 12.2 Å². The van der Waals surface area contributed by atoms with Crippen LogP contribution in [0.25, 0.3) is 0 Å². The van der Waals surface area contributed by atoms with Gasteiger partial charge < -0.3 is 14.8 Å². The summed E-state index contributed by atoms with van der Waals surface area (Å²) in [5.74, 6) is -0.227. The van der Waals surface area contributed by atoms with Gasteiger partial charge in [-0.25, -0.2) is 4.39 Å². The number of hydrogen-bond donors (Lipinski definition) is 1. The van der Waals surface area contributed by atoms with E-state index < -0.39 is 0 Å². The van der Waals surface area contributed by atoms with E-state index in [4.69, 9.17) is 9.47 Å². The van der Waals surface area contributed by atoms with Gasteiger partial charge in [-0.3, -0.25) is 0 Å². The van der Waals surface area contributed by atoms with Crippen molar-refractivity contribution >= 4 is 0 Å². The fraction of sp³-hybridized carbons (Fsp3) is 0.647. The minimum Gasteiger partial charge on any atom is -0.373 e. The van der Waals surface area contributed by atoms with Crippen molar-refractivity contribution in [1.82, 2.24) is 5.32 Å². The van der Waals surface area contributed by atoms with Gasteiger partial charge >= 0.3 is 0 Å². The van der Waals surface area contributed by atoms with Crippen LogP contribution in [0.15, 0.2) is 24.3 Å². The lowest BCUT2D eigenvalue weighted by Gasteiger charge is -2.22. The third kappa shape index (κ3) is 8.15. The number of benzene rings is 1. The Labute approximate surface area is 127 Å². The Morgan fingerprint density at radius 1 is 1.14 bits per heavy atom. The molecule has 1 aromatic rings. The maximum Gasteiger partial charge on any atom is 0.123 e. The molecule has 1 rings (SSSR count). The lowest BCUT2D eigenvalue weighted by molar-refractivity contribution is -0.0518. The van der Waals surface area contributed by atoms with E-state index >= 15 is 0 Å². The minimum atomic E-state index is -0.227. The van der Waals surface area contributed by atoms with Gasteiger partial charge in [0, 0.05) is 6.54 Å². The summed E-state index contributed by atoms with van der Waals surface area (Å²) in [4.78, 5) is 0. The summed E-state index contributed by atoms with van der Waals surface area (Å²) in [7, 11) is 0. The molecule has 1 unspecified atom stereocenters. The molecule has 0 aliphatic carbocycles. The number of rotatable bonds is 9. The summed E-state index contributed by atoms with van der Waals surface area (Å²) < 4.78 is 24.6. The first kappa shape index (κ1) is 18.1. The summed E-state index contributed by atoms with van der Waals surface area (Å²) in [6.07, 6.45) is 0.990. The van der Waals surface area contributed by atoms with Gasteiger partial charge in [0.1, 0.15) is 5.82 Å². The largest absolute Gasteiger partial charge is 0.373 e. The van der Waals surface area contributed by atoms with E-state index in [0.29, 0.717) is 13.2 Å². The average molecular weight is 297 g/mol. The Bertz CT molecular complexity index is 387. The standard InChI is InChI=1S/C17H28FNO2/c1-5-10-19-13-16(14-6-8-15(18)9-7-14)20-11-12-21-17(2,3)4/h6-9,16,19H,5,10-13H2,1-4H3. The smallest absolute Gasteiger partial charge is 0.123 e. The number of hydrogen-bond acceptors (Lipinski definition) is 3. The van der Waals surface area contributed by atoms with E-state index in [9.17, 15) is 4.39 Å². The topological polar surface area (TPSA) is 30.5 Å². The van der Waals surface area contributed by atoms with E-state index in [0.717, 1.165) is 25.1 Å². The quantitative estimate of drug-likeness (QED) is 0.705. The zero-order chi connectivity index (χ0) is 15.7. The molecule has 0 radical (unpaired) electrons. The molecular formula is C17H28FNO2. The van der Waals surface area contributed by atoms with Crippen LogP contribution in [0.5, 0.6) is 0 Å². The summed E-state index contributed by atoms with van der Waals surface area (Å²) in [6.45, 7) is 10.9. The Hall–Kier alpha value is -0.970. The van der Waals surface area contributed by atoms with Crippen molar-refractivity contribution < 1.29 is 13.9 Å². The van der Waals surface area contributed by atoms with E-state index in [1.165, 1.54) is 12.1 Å². The third-order valence-corrected chi connectivity index (χ3v) is 2.94. The van der Waals surface area contributed by atoms with Crippen LogP contribution in [0.1, 0.15) is 45.8 Å². The highest BCUT2D eigenvalue weighted by atomic mass is 19.1. The van der Waals surface area contributed by atoms with Gasteiger partial charge in [0.05, 0.1) is 24.9 Å². The second-order valence-electron chi connectivity index (χ2n) is 6.08. The number of halogens is 1. The molecule has 21 heavy (non-hydrogen) atoms. The predicted octanol–water partition coefficient (Wildman–Crippen LogP) is 3.70. The molecule has 0 spiro atoms. The molecule has 0 saturated heterocycles. The van der Waals surface area contributed by atoms with Crippen LogP contribution in [-0.2, 0) is 9.47 Å². The van der Waals surface area contributed by atoms with Gasteiger partial charge in [0.25, 0.3) is 0 Å². The Balaban J connectivity index is 2.50. The van der Waals surface area contributed by atoms with Crippen molar-refractivity contribution in [2.24, 2.45) is 0 Å². The molecule has 0 heterocycles. The van der Waals surface area contributed by atoms with E-state index in [-0.39, 0.29) is 17.5 Å². The molecule has 0 bridgehead atoms. The molecular weight excluding hydrogens is 269 g/mol. The summed E-state index contributed by atoms with van der Waals surface area (Å²) in [5.41, 5.74) is 0.825. The fourth-order valence-corrected chi connectivity index (χ4v) is 1.90. The first-order chi connectivity index (χ1) is 9.92. The molecule has 3 nitrogen and oxygen atoms in total. The van der Waals surface area contributed by atoms with Crippen molar-refractivity contribution in [3.63, 3.8) is 0 Å². The van der Waals surface area contributed by atoms with Crippen LogP contribution in [0.2, 0.25) is 0 Å². The first-order valence-electron chi connectivity index (χ1n) is 7.64. The summed E-state index contributed by atoms with van der Waals surface area (Å²) in [5, 5.41) is 3.35. The van der Waals surface area contributed by atoms with Crippen LogP contribution in [-0.4, -0.2) is 31.9 Å². The van der Waals surface area contributed by atoms with Gasteiger partial charge in [-0.05, 0) is 51.4 Å². The molecule has 0 fully saturated rings. The van der Waals surface area contributed by atoms with Gasteiger partial charge in [0.2, 0.25) is 0 Å². The van der Waals surface area contributed by atoms with Gasteiger partial charge in [-0.15, -0.1) is 0 Å². The molecule has 0 saturated carbocycles. The molecule has 4 heteroatoms. The third-order valence-electron chi connectivity index (χ3n) is 2.94. The van der Waals surface area contributed by atoms with Gasteiger partial charge in [-0.1, -0.05) is 19.1 Å². The minimum absolute atomic E-state index is 0.0827. The molecule has 0 amide bonds. The lowest BCUT2D eigenvalue weighted by Crippen LogP contribution is -2.26. The number of ether oxygens (including phenoxy) is 2. The summed E-state index contributed by atoms with van der Waals surface area (Å²) in [6, 6.07) is 6.49. The van der Waals surface area contributed by atoms with Crippen LogP contribution >= 0.6 is 0 Å². The van der Waals surface area contributed by atoms with Crippen molar-refractivity contribution in [3.8, 4) is 0 Å². The summed E-state index contributed by atoms with van der Waals surface area (Å²) >= 11 is 0. The molecule has 0 aliphatic heterocycles. The van der Waals surface area contributed by atoms with E-state index in [1.807, 2.05) is 20.8 Å². The highest BCUT2D eigenvalue weighted by molar-refractivity contribution is 5.19. The van der Waals surface area contributed by atoms with Crippen molar-refractivity contribution in [2.45, 2.75) is 45.8 Å². The molecule has 1 N–H and O–H groups in total. The Morgan fingerprint density at radius 3 is 2.38 bits per heavy atom. The Kier molecular flexibility index (Phi) is 7.86. The normalized spacial score (nSPS) is 13.4. The van der Waals surface area contributed by atoms with Crippen molar-refractivity contribution in [3.05, 3.63) is 35.6 Å². The van der Waals surface area contributed by atoms with Crippen LogP contribution in [0.3, 0.4) is 0 Å². The zero-order valence-electron chi connectivity index (χ0n) is 13.6.